The summed E-state index contributed by atoms with van der Waals surface area (Å²) < 4.78 is 2.01. The molecule has 34 heavy (non-hydrogen) atoms. The number of hydrogen-bond donors (Lipinski definition) is 1. The van der Waals surface area contributed by atoms with Crippen molar-refractivity contribution in [3.8, 4) is 0 Å². The smallest absolute Gasteiger partial charge is 0.169 e. The zero-order chi connectivity index (χ0) is 24.7. The van der Waals surface area contributed by atoms with Gasteiger partial charge >= 0.3 is 0 Å². The second-order valence-corrected chi connectivity index (χ2v) is 10.8. The van der Waals surface area contributed by atoms with Crippen LogP contribution in [0.15, 0.2) is 48.5 Å². The Hall–Kier alpha value is -2.59. The highest BCUT2D eigenvalue weighted by molar-refractivity contribution is 6.31. The number of halogens is 1. The molecular weight excluding hydrogens is 442 g/mol. The first kappa shape index (κ1) is 24.5. The lowest BCUT2D eigenvalue weighted by atomic mass is 9.71. The maximum absolute atomic E-state index is 14.0. The molecule has 1 atom stereocenters. The van der Waals surface area contributed by atoms with Gasteiger partial charge in [0.15, 0.2) is 5.78 Å². The normalized spacial score (nSPS) is 17.2. The van der Waals surface area contributed by atoms with Crippen LogP contribution in [-0.4, -0.2) is 15.6 Å². The van der Waals surface area contributed by atoms with Crippen LogP contribution in [0.5, 0.6) is 0 Å². The molecule has 0 amide bonds. The Morgan fingerprint density at radius 3 is 2.38 bits per heavy atom. The van der Waals surface area contributed by atoms with Gasteiger partial charge in [-0.05, 0) is 64.2 Å². The van der Waals surface area contributed by atoms with Crippen molar-refractivity contribution in [2.24, 2.45) is 0 Å². The third kappa shape index (κ3) is 4.29. The number of aryl methyl sites for hydroxylation is 2. The number of rotatable bonds is 7. The van der Waals surface area contributed by atoms with Crippen LogP contribution >= 0.6 is 11.6 Å². The molecule has 4 nitrogen and oxygen atoms in total. The predicted molar refractivity (Wildman–Crippen MR) is 141 cm³/mol. The fourth-order valence-corrected chi connectivity index (χ4v) is 5.76. The fourth-order valence-electron chi connectivity index (χ4n) is 5.49. The summed E-state index contributed by atoms with van der Waals surface area (Å²) in [5.74, 6) is 0.958. The van der Waals surface area contributed by atoms with Gasteiger partial charge in [0, 0.05) is 16.9 Å². The van der Waals surface area contributed by atoms with Crippen molar-refractivity contribution in [3.63, 3.8) is 0 Å². The van der Waals surface area contributed by atoms with E-state index in [-0.39, 0.29) is 22.8 Å². The number of carbonyl (C=O) groups excluding carboxylic acids is 1. The minimum Gasteiger partial charge on any atom is -0.363 e. The van der Waals surface area contributed by atoms with E-state index in [0.717, 1.165) is 41.4 Å². The summed E-state index contributed by atoms with van der Waals surface area (Å²) in [6, 6.07) is 16.6. The zero-order valence-electron chi connectivity index (χ0n) is 21.2. The molecule has 0 saturated heterocycles. The van der Waals surface area contributed by atoms with Gasteiger partial charge in [-0.15, -0.1) is 0 Å². The lowest BCUT2D eigenvalue weighted by Gasteiger charge is -2.39. The quantitative estimate of drug-likeness (QED) is 0.353. The maximum Gasteiger partial charge on any atom is 0.169 e. The number of Topliss-reactive ketones (excluding diaryl/α,β-unsaturated/α-hetero) is 1. The molecule has 0 bridgehead atoms. The Morgan fingerprint density at radius 1 is 1.12 bits per heavy atom. The molecule has 0 radical (unpaired) electrons. The van der Waals surface area contributed by atoms with Crippen molar-refractivity contribution < 1.29 is 4.79 Å². The van der Waals surface area contributed by atoms with Crippen LogP contribution in [0.3, 0.4) is 0 Å². The van der Waals surface area contributed by atoms with Crippen LogP contribution in [-0.2, 0) is 11.0 Å². The van der Waals surface area contributed by atoms with Gasteiger partial charge in [-0.1, -0.05) is 73.5 Å². The van der Waals surface area contributed by atoms with Gasteiger partial charge in [-0.25, -0.2) is 4.68 Å². The Balaban J connectivity index is 1.74. The number of aromatic nitrogens is 2. The van der Waals surface area contributed by atoms with E-state index in [2.05, 4.69) is 70.3 Å². The summed E-state index contributed by atoms with van der Waals surface area (Å²) in [6.07, 6.45) is 3.10. The minimum atomic E-state index is -0.253. The van der Waals surface area contributed by atoms with E-state index in [1.165, 1.54) is 11.1 Å². The van der Waals surface area contributed by atoms with E-state index in [0.29, 0.717) is 12.0 Å². The third-order valence-corrected chi connectivity index (χ3v) is 8.07. The lowest BCUT2D eigenvalue weighted by molar-refractivity contribution is 0.0944. The summed E-state index contributed by atoms with van der Waals surface area (Å²) in [5, 5.41) is 9.23. The zero-order valence-corrected chi connectivity index (χ0v) is 22.0. The molecule has 1 unspecified atom stereocenters. The van der Waals surface area contributed by atoms with Crippen molar-refractivity contribution in [1.29, 1.82) is 0 Å². The van der Waals surface area contributed by atoms with Crippen molar-refractivity contribution in [3.05, 3.63) is 81.5 Å². The average molecular weight is 478 g/mol. The molecule has 1 aliphatic rings. The number of benzene rings is 2. The first-order chi connectivity index (χ1) is 16.1. The number of carbonyl (C=O) groups is 1. The van der Waals surface area contributed by atoms with Crippen molar-refractivity contribution >= 4 is 23.2 Å². The van der Waals surface area contributed by atoms with Gasteiger partial charge in [0.25, 0.3) is 0 Å². The number of ketones is 1. The van der Waals surface area contributed by atoms with E-state index in [4.69, 9.17) is 16.7 Å². The monoisotopic (exact) mass is 477 g/mol. The van der Waals surface area contributed by atoms with Crippen LogP contribution in [0, 0.1) is 13.8 Å². The van der Waals surface area contributed by atoms with Crippen LogP contribution in [0.1, 0.15) is 92.2 Å². The van der Waals surface area contributed by atoms with E-state index in [1.807, 2.05) is 29.8 Å². The highest BCUT2D eigenvalue weighted by Crippen LogP contribution is 2.44. The summed E-state index contributed by atoms with van der Waals surface area (Å²) >= 11 is 6.56. The first-order valence-electron chi connectivity index (χ1n) is 12.3. The standard InChI is InChI=1S/C29H36ClN3O/c1-7-29(8-2,21-15-13-19(3)14-16-21)18-25(34)26-20(4)32-33-27(26)31-24(17-28(33,5)6)22-11-9-10-12-23(22)30/h9-16,24,31H,7-8,17-18H2,1-6H3. The Labute approximate surface area is 208 Å². The largest absolute Gasteiger partial charge is 0.363 e. The molecule has 4 rings (SSSR count). The summed E-state index contributed by atoms with van der Waals surface area (Å²) in [4.78, 5) is 14.0. The Morgan fingerprint density at radius 2 is 1.76 bits per heavy atom. The minimum absolute atomic E-state index is 0.0121. The van der Waals surface area contributed by atoms with Crippen LogP contribution in [0.25, 0.3) is 0 Å². The second kappa shape index (κ2) is 9.22. The van der Waals surface area contributed by atoms with Crippen molar-refractivity contribution in [2.45, 2.75) is 84.2 Å². The molecule has 0 aliphatic carbocycles. The lowest BCUT2D eigenvalue weighted by Crippen LogP contribution is -2.38. The molecule has 0 saturated carbocycles. The average Bonchev–Trinajstić information content (AvgIpc) is 3.15. The molecule has 3 aromatic rings. The summed E-state index contributed by atoms with van der Waals surface area (Å²) in [5.41, 5.74) is 4.56. The van der Waals surface area contributed by atoms with Crippen molar-refractivity contribution in [1.82, 2.24) is 9.78 Å². The van der Waals surface area contributed by atoms with E-state index in [1.54, 1.807) is 0 Å². The number of fused-ring (bicyclic) bond motifs is 1. The molecule has 1 N–H and O–H groups in total. The van der Waals surface area contributed by atoms with Gasteiger partial charge in [0.05, 0.1) is 22.8 Å². The van der Waals surface area contributed by atoms with E-state index < -0.39 is 0 Å². The number of nitrogens with zero attached hydrogens (tertiary/aromatic N) is 2. The number of anilines is 1. The molecule has 1 aromatic heterocycles. The van der Waals surface area contributed by atoms with Gasteiger partial charge in [0.1, 0.15) is 5.82 Å². The molecule has 180 valence electrons. The fraction of sp³-hybridized carbons (Fsp3) is 0.448. The SMILES string of the molecule is CCC(CC)(CC(=O)c1c(C)nn2c1NC(c1ccccc1Cl)CC2(C)C)c1ccc(C)cc1. The van der Waals surface area contributed by atoms with Crippen LogP contribution in [0.2, 0.25) is 5.02 Å². The molecule has 5 heteroatoms. The topological polar surface area (TPSA) is 46.9 Å². The van der Waals surface area contributed by atoms with Gasteiger partial charge in [0.2, 0.25) is 0 Å². The molecule has 0 spiro atoms. The maximum atomic E-state index is 14.0. The summed E-state index contributed by atoms with van der Waals surface area (Å²) in [7, 11) is 0. The Kier molecular flexibility index (Phi) is 6.65. The predicted octanol–water partition coefficient (Wildman–Crippen LogP) is 7.78. The Bertz CT molecular complexity index is 1190. The van der Waals surface area contributed by atoms with E-state index >= 15 is 0 Å². The number of nitrogens with one attached hydrogen (secondary N) is 1. The van der Waals surface area contributed by atoms with Crippen LogP contribution in [0.4, 0.5) is 5.82 Å². The van der Waals surface area contributed by atoms with E-state index in [9.17, 15) is 4.79 Å². The highest BCUT2D eigenvalue weighted by Gasteiger charge is 2.40. The molecular formula is C29H36ClN3O. The summed E-state index contributed by atoms with van der Waals surface area (Å²) in [6.45, 7) is 12.8. The first-order valence-corrected chi connectivity index (χ1v) is 12.7. The van der Waals surface area contributed by atoms with Gasteiger partial charge in [-0.3, -0.25) is 4.79 Å². The molecule has 2 aromatic carbocycles. The van der Waals surface area contributed by atoms with Gasteiger partial charge in [-0.2, -0.15) is 5.10 Å². The van der Waals surface area contributed by atoms with Crippen molar-refractivity contribution in [2.75, 3.05) is 5.32 Å². The van der Waals surface area contributed by atoms with Crippen LogP contribution < -0.4 is 5.32 Å². The third-order valence-electron chi connectivity index (χ3n) is 7.72. The molecule has 1 aliphatic heterocycles. The molecule has 0 fully saturated rings. The van der Waals surface area contributed by atoms with Gasteiger partial charge < -0.3 is 5.32 Å². The molecule has 2 heterocycles. The highest BCUT2D eigenvalue weighted by atomic mass is 35.5. The second-order valence-electron chi connectivity index (χ2n) is 10.4. The number of hydrogen-bond acceptors (Lipinski definition) is 3.